The van der Waals surface area contributed by atoms with Gasteiger partial charge in [-0.25, -0.2) is 4.98 Å². The minimum Gasteiger partial charge on any atom is -0.504 e. The Labute approximate surface area is 93.9 Å². The van der Waals surface area contributed by atoms with Gasteiger partial charge in [-0.15, -0.1) is 0 Å². The number of amides is 1. The third kappa shape index (κ3) is 2.14. The van der Waals surface area contributed by atoms with Crippen LogP contribution in [0.15, 0.2) is 18.3 Å². The third-order valence-electron chi connectivity index (χ3n) is 2.89. The predicted octanol–water partition coefficient (Wildman–Crippen LogP) is 0.724. The maximum atomic E-state index is 11.9. The van der Waals surface area contributed by atoms with Gasteiger partial charge in [-0.1, -0.05) is 0 Å². The minimum atomic E-state index is -0.0912. The normalized spacial score (nSPS) is 24.3. The number of pyridine rings is 1. The van der Waals surface area contributed by atoms with Crippen LogP contribution in [0, 0.1) is 5.92 Å². The zero-order valence-corrected chi connectivity index (χ0v) is 9.10. The molecule has 1 fully saturated rings. The number of aromatic nitrogens is 1. The molecule has 0 spiro atoms. The fourth-order valence-electron chi connectivity index (χ4n) is 1.92. The second kappa shape index (κ2) is 4.49. The number of nitrogens with zero attached hydrogens (tertiary/aromatic N) is 1. The van der Waals surface area contributed by atoms with Gasteiger partial charge in [-0.3, -0.25) is 4.79 Å². The van der Waals surface area contributed by atoms with Crippen molar-refractivity contribution in [2.24, 2.45) is 5.92 Å². The van der Waals surface area contributed by atoms with Crippen molar-refractivity contribution in [1.82, 2.24) is 10.3 Å². The summed E-state index contributed by atoms with van der Waals surface area (Å²) in [4.78, 5) is 15.8. The molecule has 0 radical (unpaired) electrons. The smallest absolute Gasteiger partial charge is 0.230 e. The quantitative estimate of drug-likeness (QED) is 0.688. The Morgan fingerprint density at radius 3 is 3.12 bits per heavy atom. The molecule has 5 nitrogen and oxygen atoms in total. The molecule has 0 aromatic carbocycles. The first-order valence-corrected chi connectivity index (χ1v) is 5.36. The Morgan fingerprint density at radius 2 is 2.50 bits per heavy atom. The van der Waals surface area contributed by atoms with Crippen LogP contribution in [0.3, 0.4) is 0 Å². The van der Waals surface area contributed by atoms with E-state index in [1.54, 1.807) is 6.07 Å². The van der Waals surface area contributed by atoms with Crippen molar-refractivity contribution < 1.29 is 9.90 Å². The molecule has 86 valence electrons. The molecule has 2 heterocycles. The lowest BCUT2D eigenvalue weighted by atomic mass is 10.0. The molecule has 5 heteroatoms. The van der Waals surface area contributed by atoms with Crippen molar-refractivity contribution in [2.75, 3.05) is 11.9 Å². The Morgan fingerprint density at radius 1 is 1.69 bits per heavy atom. The Hall–Kier alpha value is -1.62. The summed E-state index contributed by atoms with van der Waals surface area (Å²) < 4.78 is 0. The summed E-state index contributed by atoms with van der Waals surface area (Å²) in [6.07, 6.45) is 2.35. The number of hydrogen-bond donors (Lipinski definition) is 3. The Kier molecular flexibility index (Phi) is 3.05. The lowest BCUT2D eigenvalue weighted by Crippen LogP contribution is -2.32. The molecule has 0 bridgehead atoms. The molecule has 16 heavy (non-hydrogen) atoms. The molecular weight excluding hydrogens is 206 g/mol. The average Bonchev–Trinajstić information content (AvgIpc) is 2.68. The summed E-state index contributed by atoms with van der Waals surface area (Å²) in [6.45, 7) is 2.84. The van der Waals surface area contributed by atoms with Gasteiger partial charge in [0.1, 0.15) is 0 Å². The largest absolute Gasteiger partial charge is 0.504 e. The maximum absolute atomic E-state index is 11.9. The molecule has 1 saturated heterocycles. The van der Waals surface area contributed by atoms with Crippen LogP contribution in [-0.4, -0.2) is 28.6 Å². The van der Waals surface area contributed by atoms with Gasteiger partial charge >= 0.3 is 0 Å². The molecule has 1 aliphatic rings. The number of anilines is 1. The SMILES string of the molecule is CC1NCCC1C(=O)Nc1ncccc1O. The van der Waals surface area contributed by atoms with E-state index in [1.807, 2.05) is 6.92 Å². The van der Waals surface area contributed by atoms with E-state index in [1.165, 1.54) is 12.3 Å². The zero-order valence-electron chi connectivity index (χ0n) is 9.10. The van der Waals surface area contributed by atoms with Crippen LogP contribution >= 0.6 is 0 Å². The zero-order chi connectivity index (χ0) is 11.5. The van der Waals surface area contributed by atoms with Gasteiger partial charge in [-0.2, -0.15) is 0 Å². The Balaban J connectivity index is 2.05. The summed E-state index contributed by atoms with van der Waals surface area (Å²) in [5, 5.41) is 15.3. The van der Waals surface area contributed by atoms with Crippen LogP contribution in [0.4, 0.5) is 5.82 Å². The first kappa shape index (κ1) is 10.9. The molecule has 1 amide bonds. The number of aromatic hydroxyl groups is 1. The van der Waals surface area contributed by atoms with E-state index in [0.717, 1.165) is 13.0 Å². The lowest BCUT2D eigenvalue weighted by Gasteiger charge is -2.14. The summed E-state index contributed by atoms with van der Waals surface area (Å²) >= 11 is 0. The highest BCUT2D eigenvalue weighted by Gasteiger charge is 2.29. The van der Waals surface area contributed by atoms with E-state index in [9.17, 15) is 9.90 Å². The highest BCUT2D eigenvalue weighted by molar-refractivity contribution is 5.93. The van der Waals surface area contributed by atoms with E-state index in [2.05, 4.69) is 15.6 Å². The second-order valence-corrected chi connectivity index (χ2v) is 4.00. The molecule has 1 aromatic rings. The van der Waals surface area contributed by atoms with Crippen molar-refractivity contribution >= 4 is 11.7 Å². The van der Waals surface area contributed by atoms with Gasteiger partial charge in [0, 0.05) is 12.2 Å². The van der Waals surface area contributed by atoms with Crippen LogP contribution in [0.1, 0.15) is 13.3 Å². The van der Waals surface area contributed by atoms with Gasteiger partial charge < -0.3 is 15.7 Å². The number of hydrogen-bond acceptors (Lipinski definition) is 4. The van der Waals surface area contributed by atoms with Crippen molar-refractivity contribution in [3.63, 3.8) is 0 Å². The van der Waals surface area contributed by atoms with E-state index >= 15 is 0 Å². The predicted molar refractivity (Wildman–Crippen MR) is 60.1 cm³/mol. The van der Waals surface area contributed by atoms with Crippen molar-refractivity contribution in [3.05, 3.63) is 18.3 Å². The molecular formula is C11H15N3O2. The number of nitrogens with one attached hydrogen (secondary N) is 2. The second-order valence-electron chi connectivity index (χ2n) is 4.00. The lowest BCUT2D eigenvalue weighted by molar-refractivity contribution is -0.120. The van der Waals surface area contributed by atoms with Crippen LogP contribution in [0.25, 0.3) is 0 Å². The average molecular weight is 221 g/mol. The van der Waals surface area contributed by atoms with Gasteiger partial charge in [0.05, 0.1) is 5.92 Å². The van der Waals surface area contributed by atoms with E-state index in [0.29, 0.717) is 0 Å². The maximum Gasteiger partial charge on any atom is 0.230 e. The fraction of sp³-hybridized carbons (Fsp3) is 0.455. The summed E-state index contributed by atoms with van der Waals surface area (Å²) in [5.74, 6) is 0.0777. The Bertz CT molecular complexity index is 395. The van der Waals surface area contributed by atoms with Crippen LogP contribution in [0.5, 0.6) is 5.75 Å². The van der Waals surface area contributed by atoms with Gasteiger partial charge in [0.25, 0.3) is 0 Å². The topological polar surface area (TPSA) is 74.2 Å². The van der Waals surface area contributed by atoms with Crippen molar-refractivity contribution in [1.29, 1.82) is 0 Å². The summed E-state index contributed by atoms with van der Waals surface area (Å²) in [5.41, 5.74) is 0. The molecule has 2 unspecified atom stereocenters. The summed E-state index contributed by atoms with van der Waals surface area (Å²) in [7, 11) is 0. The van der Waals surface area contributed by atoms with Crippen LogP contribution < -0.4 is 10.6 Å². The molecule has 2 atom stereocenters. The molecule has 1 aromatic heterocycles. The van der Waals surface area contributed by atoms with Gasteiger partial charge in [0.2, 0.25) is 5.91 Å². The number of carbonyl (C=O) groups excluding carboxylic acids is 1. The fourth-order valence-corrected chi connectivity index (χ4v) is 1.92. The first-order chi connectivity index (χ1) is 7.68. The van der Waals surface area contributed by atoms with E-state index < -0.39 is 0 Å². The minimum absolute atomic E-state index is 0.00513. The van der Waals surface area contributed by atoms with E-state index in [-0.39, 0.29) is 29.4 Å². The highest BCUT2D eigenvalue weighted by Crippen LogP contribution is 2.22. The van der Waals surface area contributed by atoms with Gasteiger partial charge in [0.15, 0.2) is 11.6 Å². The van der Waals surface area contributed by atoms with Crippen LogP contribution in [0.2, 0.25) is 0 Å². The monoisotopic (exact) mass is 221 g/mol. The number of rotatable bonds is 2. The van der Waals surface area contributed by atoms with Crippen LogP contribution in [-0.2, 0) is 4.79 Å². The van der Waals surface area contributed by atoms with E-state index in [4.69, 9.17) is 0 Å². The molecule has 3 N–H and O–H groups in total. The van der Waals surface area contributed by atoms with Gasteiger partial charge in [-0.05, 0) is 32.0 Å². The molecule has 0 aliphatic carbocycles. The summed E-state index contributed by atoms with van der Waals surface area (Å²) in [6, 6.07) is 3.29. The third-order valence-corrected chi connectivity index (χ3v) is 2.89. The molecule has 1 aliphatic heterocycles. The standard InChI is InChI=1S/C11H15N3O2/c1-7-8(4-6-12-7)11(16)14-10-9(15)3-2-5-13-10/h2-3,5,7-8,12,15H,4,6H2,1H3,(H,13,14,16). The van der Waals surface area contributed by atoms with Crippen molar-refractivity contribution in [2.45, 2.75) is 19.4 Å². The van der Waals surface area contributed by atoms with Crippen molar-refractivity contribution in [3.8, 4) is 5.75 Å². The molecule has 0 saturated carbocycles. The molecule has 2 rings (SSSR count). The highest BCUT2D eigenvalue weighted by atomic mass is 16.3. The number of carbonyl (C=O) groups is 1. The first-order valence-electron chi connectivity index (χ1n) is 5.36.